The molecular formula is C12H18O3P+. The fraction of sp³-hybridized carbons (Fsp3) is 0.500. The molecule has 3 nitrogen and oxygen atoms in total. The van der Waals surface area contributed by atoms with E-state index in [2.05, 4.69) is 19.9 Å². The molecule has 0 amide bonds. The summed E-state index contributed by atoms with van der Waals surface area (Å²) in [7, 11) is -2.58. The van der Waals surface area contributed by atoms with E-state index < -0.39 is 8.25 Å². The molecule has 0 aliphatic rings. The average Bonchev–Trinajstić information content (AvgIpc) is 2.22. The van der Waals surface area contributed by atoms with Crippen LogP contribution < -0.4 is 4.52 Å². The first kappa shape index (κ1) is 13.1. The summed E-state index contributed by atoms with van der Waals surface area (Å²) in [6, 6.07) is 5.69. The summed E-state index contributed by atoms with van der Waals surface area (Å²) in [5.41, 5.74) is 2.29. The van der Waals surface area contributed by atoms with E-state index in [9.17, 15) is 4.57 Å². The van der Waals surface area contributed by atoms with E-state index in [4.69, 9.17) is 9.42 Å². The van der Waals surface area contributed by atoms with Crippen molar-refractivity contribution in [2.75, 3.05) is 0 Å². The number of hydrogen-bond acceptors (Lipinski definition) is 2. The van der Waals surface area contributed by atoms with Crippen molar-refractivity contribution in [3.63, 3.8) is 0 Å². The summed E-state index contributed by atoms with van der Waals surface area (Å²) in [5, 5.41) is 0. The molecule has 0 saturated heterocycles. The molecule has 0 aliphatic carbocycles. The molecule has 0 heterocycles. The molecular weight excluding hydrogens is 223 g/mol. The summed E-state index contributed by atoms with van der Waals surface area (Å²) >= 11 is 0. The minimum absolute atomic E-state index is 0.552. The van der Waals surface area contributed by atoms with Crippen LogP contribution in [-0.4, -0.2) is 4.89 Å². The zero-order chi connectivity index (χ0) is 12.0. The second-order valence-corrected chi connectivity index (χ2v) is 4.38. The van der Waals surface area contributed by atoms with Crippen molar-refractivity contribution in [2.45, 2.75) is 39.5 Å². The van der Waals surface area contributed by atoms with Gasteiger partial charge < -0.3 is 0 Å². The van der Waals surface area contributed by atoms with Gasteiger partial charge in [-0.3, -0.25) is 0 Å². The lowest BCUT2D eigenvalue weighted by atomic mass is 9.99. The zero-order valence-corrected chi connectivity index (χ0v) is 10.7. The summed E-state index contributed by atoms with van der Waals surface area (Å²) in [5.74, 6) is 0.552. The molecule has 1 rings (SSSR count). The van der Waals surface area contributed by atoms with Crippen molar-refractivity contribution in [1.82, 2.24) is 0 Å². The van der Waals surface area contributed by atoms with Crippen molar-refractivity contribution in [3.05, 3.63) is 29.3 Å². The summed E-state index contributed by atoms with van der Waals surface area (Å²) < 4.78 is 15.7. The molecule has 88 valence electrons. The molecule has 4 heteroatoms. The van der Waals surface area contributed by atoms with E-state index in [0.29, 0.717) is 5.75 Å². The van der Waals surface area contributed by atoms with Crippen LogP contribution in [0.15, 0.2) is 18.2 Å². The van der Waals surface area contributed by atoms with Gasteiger partial charge in [-0.15, -0.1) is 4.89 Å². The first-order chi connectivity index (χ1) is 7.69. The molecule has 1 N–H and O–H groups in total. The highest BCUT2D eigenvalue weighted by molar-refractivity contribution is 7.32. The van der Waals surface area contributed by atoms with Crippen LogP contribution in [0, 0.1) is 0 Å². The fourth-order valence-electron chi connectivity index (χ4n) is 1.82. The second-order valence-electron chi connectivity index (χ2n) is 3.72. The lowest BCUT2D eigenvalue weighted by Gasteiger charge is -2.09. The van der Waals surface area contributed by atoms with Gasteiger partial charge in [0.25, 0.3) is 0 Å². The fourth-order valence-corrected chi connectivity index (χ4v) is 2.16. The van der Waals surface area contributed by atoms with E-state index >= 15 is 0 Å². The maximum Gasteiger partial charge on any atom is 0.747 e. The van der Waals surface area contributed by atoms with Crippen LogP contribution >= 0.6 is 8.25 Å². The van der Waals surface area contributed by atoms with Gasteiger partial charge in [-0.1, -0.05) is 38.8 Å². The van der Waals surface area contributed by atoms with Crippen LogP contribution in [0.5, 0.6) is 5.75 Å². The minimum atomic E-state index is -2.58. The van der Waals surface area contributed by atoms with Crippen LogP contribution in [0.3, 0.4) is 0 Å². The van der Waals surface area contributed by atoms with Gasteiger partial charge in [0.05, 0.1) is 0 Å². The van der Waals surface area contributed by atoms with Crippen LogP contribution in [0.4, 0.5) is 0 Å². The van der Waals surface area contributed by atoms with Gasteiger partial charge in [0.1, 0.15) is 0 Å². The predicted molar refractivity (Wildman–Crippen MR) is 64.9 cm³/mol. The maximum absolute atomic E-state index is 10.7. The number of benzene rings is 1. The van der Waals surface area contributed by atoms with Crippen LogP contribution in [0.2, 0.25) is 0 Å². The largest absolute Gasteiger partial charge is 0.747 e. The Balaban J connectivity index is 3.04. The third-order valence-corrected chi connectivity index (χ3v) is 2.78. The quantitative estimate of drug-likeness (QED) is 0.774. The van der Waals surface area contributed by atoms with Crippen molar-refractivity contribution in [2.24, 2.45) is 0 Å². The smallest absolute Gasteiger partial charge is 0.229 e. The Morgan fingerprint density at radius 3 is 2.50 bits per heavy atom. The van der Waals surface area contributed by atoms with E-state index in [1.54, 1.807) is 6.07 Å². The molecule has 0 radical (unpaired) electrons. The lowest BCUT2D eigenvalue weighted by Crippen LogP contribution is -1.97. The number of hydrogen-bond donors (Lipinski definition) is 1. The third kappa shape index (κ3) is 3.58. The van der Waals surface area contributed by atoms with Gasteiger partial charge in [0, 0.05) is 10.1 Å². The Morgan fingerprint density at radius 2 is 1.94 bits per heavy atom. The van der Waals surface area contributed by atoms with E-state index in [1.807, 2.05) is 6.07 Å². The maximum atomic E-state index is 10.7. The van der Waals surface area contributed by atoms with E-state index in [-0.39, 0.29) is 0 Å². The molecule has 0 bridgehead atoms. The normalized spacial score (nSPS) is 11.3. The zero-order valence-electron chi connectivity index (χ0n) is 9.77. The van der Waals surface area contributed by atoms with Crippen molar-refractivity contribution >= 4 is 8.25 Å². The lowest BCUT2D eigenvalue weighted by molar-refractivity contribution is 0.408. The van der Waals surface area contributed by atoms with Gasteiger partial charge in [0.15, 0.2) is 5.75 Å². The molecule has 0 aliphatic heterocycles. The average molecular weight is 241 g/mol. The molecule has 16 heavy (non-hydrogen) atoms. The minimum Gasteiger partial charge on any atom is -0.229 e. The van der Waals surface area contributed by atoms with Crippen molar-refractivity contribution in [3.8, 4) is 5.75 Å². The first-order valence-corrected chi connectivity index (χ1v) is 6.76. The standard InChI is InChI=1S/C12H17O3P/c1-3-6-10-8-5-9-12(15-16(13)14)11(10)7-4-2/h5,8-9H,3-4,6-7H2,1-2H3/p+1. The monoisotopic (exact) mass is 241 g/mol. The highest BCUT2D eigenvalue weighted by Crippen LogP contribution is 2.30. The van der Waals surface area contributed by atoms with Gasteiger partial charge >= 0.3 is 8.25 Å². The molecule has 0 fully saturated rings. The van der Waals surface area contributed by atoms with Gasteiger partial charge in [-0.05, 0) is 24.5 Å². The Kier molecular flexibility index (Phi) is 5.44. The molecule has 1 aromatic rings. The highest BCUT2D eigenvalue weighted by Gasteiger charge is 2.18. The third-order valence-electron chi connectivity index (χ3n) is 2.43. The molecule has 0 saturated carbocycles. The highest BCUT2D eigenvalue weighted by atomic mass is 31.1. The molecule has 0 spiro atoms. The Hall–Kier alpha value is -0.920. The molecule has 0 aromatic heterocycles. The Morgan fingerprint density at radius 1 is 1.25 bits per heavy atom. The first-order valence-electron chi connectivity index (χ1n) is 5.63. The summed E-state index contributed by atoms with van der Waals surface area (Å²) in [4.78, 5) is 8.81. The Labute approximate surface area is 97.4 Å². The van der Waals surface area contributed by atoms with Gasteiger partial charge in [0.2, 0.25) is 0 Å². The summed E-state index contributed by atoms with van der Waals surface area (Å²) in [6.45, 7) is 4.21. The predicted octanol–water partition coefficient (Wildman–Crippen LogP) is 3.62. The van der Waals surface area contributed by atoms with E-state index in [0.717, 1.165) is 31.2 Å². The second kappa shape index (κ2) is 6.62. The molecule has 1 aromatic carbocycles. The number of aryl methyl sites for hydroxylation is 1. The SMILES string of the molecule is CCCc1cccc(O[P+](=O)O)c1CCC. The van der Waals surface area contributed by atoms with Crippen molar-refractivity contribution in [1.29, 1.82) is 0 Å². The topological polar surface area (TPSA) is 46.5 Å². The molecule has 1 unspecified atom stereocenters. The van der Waals surface area contributed by atoms with E-state index in [1.165, 1.54) is 5.56 Å². The Bertz CT molecular complexity index is 363. The molecule has 1 atom stereocenters. The van der Waals surface area contributed by atoms with Gasteiger partial charge in [-0.25, -0.2) is 4.52 Å². The van der Waals surface area contributed by atoms with Gasteiger partial charge in [-0.2, -0.15) is 0 Å². The number of rotatable bonds is 6. The summed E-state index contributed by atoms with van der Waals surface area (Å²) in [6.07, 6.45) is 3.92. The van der Waals surface area contributed by atoms with Crippen molar-refractivity contribution < 1.29 is 14.0 Å². The van der Waals surface area contributed by atoms with Crippen LogP contribution in [-0.2, 0) is 17.4 Å². The van der Waals surface area contributed by atoms with Crippen LogP contribution in [0.25, 0.3) is 0 Å². The van der Waals surface area contributed by atoms with Crippen LogP contribution in [0.1, 0.15) is 37.8 Å².